The van der Waals surface area contributed by atoms with Crippen LogP contribution in [0.2, 0.25) is 0 Å². The van der Waals surface area contributed by atoms with Gasteiger partial charge in [0, 0.05) is 13.1 Å². The molecule has 2 aromatic heterocycles. The number of hydrogen-bond acceptors (Lipinski definition) is 6. The first-order valence-electron chi connectivity index (χ1n) is 9.23. The lowest BCUT2D eigenvalue weighted by Gasteiger charge is -2.25. The number of nitrogens with zero attached hydrogens (tertiary/aromatic N) is 6. The highest BCUT2D eigenvalue weighted by Gasteiger charge is 2.23. The Bertz CT molecular complexity index is 946. The summed E-state index contributed by atoms with van der Waals surface area (Å²) >= 11 is 0. The zero-order valence-electron chi connectivity index (χ0n) is 15.3. The largest absolute Gasteiger partial charge is 0.334 e. The Labute approximate surface area is 157 Å². The maximum atomic E-state index is 12.7. The van der Waals surface area contributed by atoms with Gasteiger partial charge < -0.3 is 10.6 Å². The Balaban J connectivity index is 1.44. The molecule has 0 aliphatic heterocycles. The molecule has 0 saturated heterocycles. The number of amides is 1. The van der Waals surface area contributed by atoms with Gasteiger partial charge in [-0.15, -0.1) is 5.10 Å². The quantitative estimate of drug-likeness (QED) is 0.758. The number of carbonyl (C=O) groups is 1. The van der Waals surface area contributed by atoms with Crippen molar-refractivity contribution in [3.8, 4) is 0 Å². The molecule has 0 unspecified atom stereocenters. The lowest BCUT2D eigenvalue weighted by Crippen LogP contribution is -2.28. The van der Waals surface area contributed by atoms with E-state index in [9.17, 15) is 4.79 Å². The second-order valence-corrected chi connectivity index (χ2v) is 7.16. The number of nitrogens with two attached hydrogens (primary N) is 1. The van der Waals surface area contributed by atoms with Crippen molar-refractivity contribution < 1.29 is 4.79 Å². The minimum Gasteiger partial charge on any atom is -0.334 e. The minimum atomic E-state index is -0.177. The third kappa shape index (κ3) is 3.80. The zero-order valence-corrected chi connectivity index (χ0v) is 15.3. The SMILES string of the molecule is CN(Cc1cnc2ccccc2n1)C(=O)c1cn(C2CCC(N)CC2)nn1. The molecule has 2 N–H and O–H groups in total. The van der Waals surface area contributed by atoms with Crippen molar-refractivity contribution in [3.63, 3.8) is 0 Å². The second-order valence-electron chi connectivity index (χ2n) is 7.16. The Hall–Kier alpha value is -2.87. The molecule has 0 bridgehead atoms. The van der Waals surface area contributed by atoms with E-state index in [-0.39, 0.29) is 18.0 Å². The molecule has 2 heterocycles. The Morgan fingerprint density at radius 2 is 1.96 bits per heavy atom. The Kier molecular flexibility index (Phi) is 4.81. The number of aromatic nitrogens is 5. The molecule has 0 spiro atoms. The predicted octanol–water partition coefficient (Wildman–Crippen LogP) is 1.94. The average molecular weight is 365 g/mol. The molecule has 1 aliphatic carbocycles. The van der Waals surface area contributed by atoms with E-state index in [4.69, 9.17) is 5.73 Å². The highest BCUT2D eigenvalue weighted by molar-refractivity contribution is 5.91. The molecule has 8 heteroatoms. The van der Waals surface area contributed by atoms with Crippen molar-refractivity contribution >= 4 is 16.9 Å². The molecule has 1 aliphatic rings. The predicted molar refractivity (Wildman–Crippen MR) is 101 cm³/mol. The maximum Gasteiger partial charge on any atom is 0.276 e. The number of benzene rings is 1. The van der Waals surface area contributed by atoms with E-state index in [0.29, 0.717) is 12.2 Å². The first-order valence-corrected chi connectivity index (χ1v) is 9.23. The van der Waals surface area contributed by atoms with Gasteiger partial charge in [-0.05, 0) is 37.8 Å². The normalized spacial score (nSPS) is 19.9. The van der Waals surface area contributed by atoms with Gasteiger partial charge in [0.15, 0.2) is 5.69 Å². The standard InChI is InChI=1S/C19H23N7O/c1-25(11-14-10-21-16-4-2-3-5-17(16)22-14)19(27)18-12-26(24-23-18)15-8-6-13(20)7-9-15/h2-5,10,12-13,15H,6-9,11,20H2,1H3. The number of fused-ring (bicyclic) bond motifs is 1. The van der Waals surface area contributed by atoms with Crippen molar-refractivity contribution in [2.75, 3.05) is 7.05 Å². The summed E-state index contributed by atoms with van der Waals surface area (Å²) in [6, 6.07) is 8.23. The molecular formula is C19H23N7O. The summed E-state index contributed by atoms with van der Waals surface area (Å²) in [5.41, 5.74) is 8.70. The number of rotatable bonds is 4. The van der Waals surface area contributed by atoms with Gasteiger partial charge in [0.25, 0.3) is 5.91 Å². The van der Waals surface area contributed by atoms with Crippen LogP contribution in [0.25, 0.3) is 11.0 Å². The van der Waals surface area contributed by atoms with Crippen LogP contribution in [0.4, 0.5) is 0 Å². The topological polar surface area (TPSA) is 103 Å². The van der Waals surface area contributed by atoms with Crippen LogP contribution in [-0.4, -0.2) is 48.9 Å². The van der Waals surface area contributed by atoms with E-state index in [2.05, 4.69) is 20.3 Å². The third-order valence-corrected chi connectivity index (χ3v) is 5.09. The second kappa shape index (κ2) is 7.40. The van der Waals surface area contributed by atoms with Gasteiger partial charge >= 0.3 is 0 Å². The minimum absolute atomic E-state index is 0.177. The van der Waals surface area contributed by atoms with Crippen LogP contribution in [0.5, 0.6) is 0 Å². The molecule has 1 saturated carbocycles. The molecule has 1 amide bonds. The molecule has 0 atom stereocenters. The van der Waals surface area contributed by atoms with E-state index < -0.39 is 0 Å². The molecule has 140 valence electrons. The lowest BCUT2D eigenvalue weighted by atomic mass is 9.92. The van der Waals surface area contributed by atoms with E-state index in [1.807, 2.05) is 28.9 Å². The van der Waals surface area contributed by atoms with Gasteiger partial charge in [0.05, 0.1) is 41.7 Å². The summed E-state index contributed by atoms with van der Waals surface area (Å²) < 4.78 is 1.81. The van der Waals surface area contributed by atoms with E-state index in [1.54, 1.807) is 24.3 Å². The van der Waals surface area contributed by atoms with Crippen molar-refractivity contribution in [2.24, 2.45) is 5.73 Å². The van der Waals surface area contributed by atoms with Gasteiger partial charge in [-0.25, -0.2) is 9.67 Å². The molecule has 3 aromatic rings. The van der Waals surface area contributed by atoms with Gasteiger partial charge in [-0.3, -0.25) is 9.78 Å². The summed E-state index contributed by atoms with van der Waals surface area (Å²) in [4.78, 5) is 23.3. The van der Waals surface area contributed by atoms with Crippen molar-refractivity contribution in [2.45, 2.75) is 44.3 Å². The van der Waals surface area contributed by atoms with Gasteiger partial charge in [-0.2, -0.15) is 0 Å². The molecule has 1 fully saturated rings. The van der Waals surface area contributed by atoms with E-state index >= 15 is 0 Å². The van der Waals surface area contributed by atoms with E-state index in [0.717, 1.165) is 42.4 Å². The van der Waals surface area contributed by atoms with Crippen LogP contribution in [0.3, 0.4) is 0 Å². The summed E-state index contributed by atoms with van der Waals surface area (Å²) in [5, 5.41) is 8.24. The summed E-state index contributed by atoms with van der Waals surface area (Å²) in [7, 11) is 1.73. The highest BCUT2D eigenvalue weighted by atomic mass is 16.2. The van der Waals surface area contributed by atoms with Crippen LogP contribution < -0.4 is 5.73 Å². The van der Waals surface area contributed by atoms with Crippen LogP contribution in [0.1, 0.15) is 47.9 Å². The van der Waals surface area contributed by atoms with Crippen LogP contribution in [-0.2, 0) is 6.54 Å². The van der Waals surface area contributed by atoms with Crippen LogP contribution in [0.15, 0.2) is 36.7 Å². The lowest BCUT2D eigenvalue weighted by molar-refractivity contribution is 0.0777. The summed E-state index contributed by atoms with van der Waals surface area (Å²) in [6.07, 6.45) is 7.35. The highest BCUT2D eigenvalue weighted by Crippen LogP contribution is 2.26. The van der Waals surface area contributed by atoms with Crippen LogP contribution in [0, 0.1) is 0 Å². The summed E-state index contributed by atoms with van der Waals surface area (Å²) in [5.74, 6) is -0.177. The monoisotopic (exact) mass is 365 g/mol. The molecule has 1 aromatic carbocycles. The Morgan fingerprint density at radius 3 is 2.74 bits per heavy atom. The van der Waals surface area contributed by atoms with Crippen LogP contribution >= 0.6 is 0 Å². The molecule has 0 radical (unpaired) electrons. The fourth-order valence-corrected chi connectivity index (χ4v) is 3.50. The summed E-state index contributed by atoms with van der Waals surface area (Å²) in [6.45, 7) is 0.363. The molecule has 4 rings (SSSR count). The van der Waals surface area contributed by atoms with Crippen molar-refractivity contribution in [3.05, 3.63) is 48.0 Å². The van der Waals surface area contributed by atoms with E-state index in [1.165, 1.54) is 0 Å². The smallest absolute Gasteiger partial charge is 0.276 e. The third-order valence-electron chi connectivity index (χ3n) is 5.09. The maximum absolute atomic E-state index is 12.7. The molecular weight excluding hydrogens is 342 g/mol. The van der Waals surface area contributed by atoms with Crippen molar-refractivity contribution in [1.82, 2.24) is 29.9 Å². The molecule has 27 heavy (non-hydrogen) atoms. The zero-order chi connectivity index (χ0) is 18.8. The number of para-hydroxylation sites is 2. The molecule has 8 nitrogen and oxygen atoms in total. The number of carbonyl (C=O) groups excluding carboxylic acids is 1. The fraction of sp³-hybridized carbons (Fsp3) is 0.421. The van der Waals surface area contributed by atoms with Gasteiger partial charge in [-0.1, -0.05) is 17.3 Å². The Morgan fingerprint density at radius 1 is 1.22 bits per heavy atom. The van der Waals surface area contributed by atoms with Gasteiger partial charge in [0.2, 0.25) is 0 Å². The first kappa shape index (κ1) is 17.5. The number of hydrogen-bond donors (Lipinski definition) is 1. The van der Waals surface area contributed by atoms with Crippen molar-refractivity contribution in [1.29, 1.82) is 0 Å². The van der Waals surface area contributed by atoms with Gasteiger partial charge in [0.1, 0.15) is 0 Å². The fourth-order valence-electron chi connectivity index (χ4n) is 3.50. The first-order chi connectivity index (χ1) is 13.1. The average Bonchev–Trinajstić information content (AvgIpc) is 3.18.